The molecule has 2 nitrogen and oxygen atoms in total. The Morgan fingerprint density at radius 1 is 1.21 bits per heavy atom. The Balaban J connectivity index is 2.20. The van der Waals surface area contributed by atoms with Crippen LogP contribution >= 0.6 is 0 Å². The molecule has 1 rings (SSSR count). The van der Waals surface area contributed by atoms with Gasteiger partial charge in [0.15, 0.2) is 0 Å². The molecule has 1 saturated heterocycles. The molecule has 14 heavy (non-hydrogen) atoms. The van der Waals surface area contributed by atoms with Gasteiger partial charge in [-0.15, -0.1) is 0 Å². The zero-order valence-corrected chi connectivity index (χ0v) is 10.3. The van der Waals surface area contributed by atoms with Gasteiger partial charge in [-0.3, -0.25) is 5.43 Å². The van der Waals surface area contributed by atoms with E-state index in [4.69, 9.17) is 0 Å². The number of nitrogens with one attached hydrogen (secondary N) is 1. The van der Waals surface area contributed by atoms with Crippen molar-refractivity contribution in [2.45, 2.75) is 59.4 Å². The Morgan fingerprint density at radius 2 is 1.79 bits per heavy atom. The second-order valence-corrected chi connectivity index (χ2v) is 4.88. The quantitative estimate of drug-likeness (QED) is 0.706. The van der Waals surface area contributed by atoms with E-state index in [9.17, 15) is 0 Å². The van der Waals surface area contributed by atoms with Crippen molar-refractivity contribution in [3.05, 3.63) is 0 Å². The summed E-state index contributed by atoms with van der Waals surface area (Å²) >= 11 is 0. The summed E-state index contributed by atoms with van der Waals surface area (Å²) in [6.07, 6.45) is 5.20. The second kappa shape index (κ2) is 5.13. The minimum Gasteiger partial charge on any atom is -0.252 e. The molecule has 0 aromatic carbocycles. The van der Waals surface area contributed by atoms with Crippen molar-refractivity contribution in [1.82, 2.24) is 10.4 Å². The summed E-state index contributed by atoms with van der Waals surface area (Å²) in [5.74, 6) is 0. The standard InChI is InChI=1S/C12H26N2/c1-5-8-11(4)13-14-9-12(6-2,7-3)10-14/h11,13H,5-10H2,1-4H3. The molecule has 0 spiro atoms. The fourth-order valence-electron chi connectivity index (χ4n) is 2.36. The third kappa shape index (κ3) is 2.71. The molecule has 1 unspecified atom stereocenters. The van der Waals surface area contributed by atoms with Crippen molar-refractivity contribution < 1.29 is 0 Å². The van der Waals surface area contributed by atoms with Crippen molar-refractivity contribution in [2.75, 3.05) is 13.1 Å². The van der Waals surface area contributed by atoms with Gasteiger partial charge in [0.2, 0.25) is 0 Å². The molecule has 0 saturated carbocycles. The molecule has 0 amide bonds. The van der Waals surface area contributed by atoms with Crippen LogP contribution in [0.3, 0.4) is 0 Å². The van der Waals surface area contributed by atoms with Crippen LogP contribution in [0.2, 0.25) is 0 Å². The number of hydrogen-bond donors (Lipinski definition) is 1. The monoisotopic (exact) mass is 198 g/mol. The molecule has 0 aromatic heterocycles. The normalized spacial score (nSPS) is 23.1. The highest BCUT2D eigenvalue weighted by molar-refractivity contribution is 4.91. The van der Waals surface area contributed by atoms with Gasteiger partial charge in [-0.2, -0.15) is 0 Å². The Labute approximate surface area is 89.0 Å². The zero-order chi connectivity index (χ0) is 10.6. The predicted octanol–water partition coefficient (Wildman–Crippen LogP) is 2.80. The largest absolute Gasteiger partial charge is 0.252 e. The number of nitrogens with zero attached hydrogens (tertiary/aromatic N) is 1. The Hall–Kier alpha value is -0.0800. The Kier molecular flexibility index (Phi) is 4.39. The summed E-state index contributed by atoms with van der Waals surface area (Å²) < 4.78 is 0. The first-order valence-corrected chi connectivity index (χ1v) is 6.17. The maximum absolute atomic E-state index is 3.57. The summed E-state index contributed by atoms with van der Waals surface area (Å²) in [6, 6.07) is 0.645. The molecule has 1 aliphatic rings. The first-order valence-electron chi connectivity index (χ1n) is 6.17. The third-order valence-electron chi connectivity index (χ3n) is 3.68. The van der Waals surface area contributed by atoms with E-state index < -0.39 is 0 Å². The highest BCUT2D eigenvalue weighted by atomic mass is 15.5. The van der Waals surface area contributed by atoms with Crippen molar-refractivity contribution in [1.29, 1.82) is 0 Å². The molecular weight excluding hydrogens is 172 g/mol. The smallest absolute Gasteiger partial charge is 0.0200 e. The van der Waals surface area contributed by atoms with Crippen molar-refractivity contribution in [2.24, 2.45) is 5.41 Å². The molecule has 1 N–H and O–H groups in total. The maximum Gasteiger partial charge on any atom is 0.0200 e. The van der Waals surface area contributed by atoms with Gasteiger partial charge in [0.25, 0.3) is 0 Å². The van der Waals surface area contributed by atoms with Crippen molar-refractivity contribution in [3.63, 3.8) is 0 Å². The topological polar surface area (TPSA) is 15.3 Å². The molecule has 84 valence electrons. The summed E-state index contributed by atoms with van der Waals surface area (Å²) in [6.45, 7) is 11.6. The van der Waals surface area contributed by atoms with Crippen LogP contribution in [-0.4, -0.2) is 24.1 Å². The van der Waals surface area contributed by atoms with Gasteiger partial charge < -0.3 is 0 Å². The van der Waals surface area contributed by atoms with E-state index in [1.807, 2.05) is 0 Å². The lowest BCUT2D eigenvalue weighted by atomic mass is 9.76. The van der Waals surface area contributed by atoms with E-state index in [1.54, 1.807) is 0 Å². The van der Waals surface area contributed by atoms with Crippen LogP contribution in [0.15, 0.2) is 0 Å². The summed E-state index contributed by atoms with van der Waals surface area (Å²) in [7, 11) is 0. The Bertz CT molecular complexity index is 156. The lowest BCUT2D eigenvalue weighted by Crippen LogP contribution is -2.62. The fourth-order valence-corrected chi connectivity index (χ4v) is 2.36. The van der Waals surface area contributed by atoms with Gasteiger partial charge in [-0.25, -0.2) is 5.01 Å². The Morgan fingerprint density at radius 3 is 2.21 bits per heavy atom. The summed E-state index contributed by atoms with van der Waals surface area (Å²) in [5.41, 5.74) is 4.20. The highest BCUT2D eigenvalue weighted by Gasteiger charge is 2.39. The van der Waals surface area contributed by atoms with Crippen LogP contribution in [0.25, 0.3) is 0 Å². The first-order chi connectivity index (χ1) is 6.65. The van der Waals surface area contributed by atoms with E-state index >= 15 is 0 Å². The van der Waals surface area contributed by atoms with Crippen LogP contribution in [-0.2, 0) is 0 Å². The average Bonchev–Trinajstić information content (AvgIpc) is 2.11. The van der Waals surface area contributed by atoms with E-state index in [0.717, 1.165) is 0 Å². The van der Waals surface area contributed by atoms with Gasteiger partial charge in [0, 0.05) is 19.1 Å². The molecule has 1 heterocycles. The average molecular weight is 198 g/mol. The fraction of sp³-hybridized carbons (Fsp3) is 1.00. The minimum atomic E-state index is 0.624. The van der Waals surface area contributed by atoms with Gasteiger partial charge in [-0.05, 0) is 31.6 Å². The molecule has 0 aromatic rings. The summed E-state index contributed by atoms with van der Waals surface area (Å²) in [5, 5.41) is 2.40. The van der Waals surface area contributed by atoms with Crippen LogP contribution in [0.1, 0.15) is 53.4 Å². The van der Waals surface area contributed by atoms with Crippen LogP contribution in [0.5, 0.6) is 0 Å². The number of rotatable bonds is 6. The zero-order valence-electron chi connectivity index (χ0n) is 10.3. The van der Waals surface area contributed by atoms with E-state index in [2.05, 4.69) is 38.1 Å². The van der Waals surface area contributed by atoms with Gasteiger partial charge >= 0.3 is 0 Å². The molecule has 1 aliphatic heterocycles. The SMILES string of the molecule is CCCC(C)NN1CC(CC)(CC)C1. The van der Waals surface area contributed by atoms with Gasteiger partial charge in [-0.1, -0.05) is 27.2 Å². The molecule has 0 aliphatic carbocycles. The third-order valence-corrected chi connectivity index (χ3v) is 3.68. The van der Waals surface area contributed by atoms with Crippen molar-refractivity contribution in [3.8, 4) is 0 Å². The van der Waals surface area contributed by atoms with Gasteiger partial charge in [0.1, 0.15) is 0 Å². The molecule has 2 heteroatoms. The summed E-state index contributed by atoms with van der Waals surface area (Å²) in [4.78, 5) is 0. The predicted molar refractivity (Wildman–Crippen MR) is 62.1 cm³/mol. The maximum atomic E-state index is 3.57. The molecule has 0 bridgehead atoms. The van der Waals surface area contributed by atoms with E-state index in [0.29, 0.717) is 11.5 Å². The van der Waals surface area contributed by atoms with E-state index in [-0.39, 0.29) is 0 Å². The van der Waals surface area contributed by atoms with Crippen LogP contribution in [0, 0.1) is 5.41 Å². The minimum absolute atomic E-state index is 0.624. The first kappa shape index (κ1) is 12.0. The number of hydrazine groups is 1. The lowest BCUT2D eigenvalue weighted by molar-refractivity contribution is -0.0533. The molecular formula is C12H26N2. The van der Waals surface area contributed by atoms with Gasteiger partial charge in [0.05, 0.1) is 0 Å². The number of hydrogen-bond acceptors (Lipinski definition) is 2. The van der Waals surface area contributed by atoms with Crippen molar-refractivity contribution >= 4 is 0 Å². The molecule has 0 radical (unpaired) electrons. The highest BCUT2D eigenvalue weighted by Crippen LogP contribution is 2.35. The molecule has 1 fully saturated rings. The second-order valence-electron chi connectivity index (χ2n) is 4.88. The lowest BCUT2D eigenvalue weighted by Gasteiger charge is -2.50. The van der Waals surface area contributed by atoms with Crippen LogP contribution in [0.4, 0.5) is 0 Å². The van der Waals surface area contributed by atoms with Crippen LogP contribution < -0.4 is 5.43 Å². The van der Waals surface area contributed by atoms with E-state index in [1.165, 1.54) is 38.8 Å². The molecule has 1 atom stereocenters.